The summed E-state index contributed by atoms with van der Waals surface area (Å²) in [6.45, 7) is 0. The van der Waals surface area contributed by atoms with E-state index in [0.717, 1.165) is 12.8 Å². The van der Waals surface area contributed by atoms with Crippen molar-refractivity contribution in [2.24, 2.45) is 0 Å². The van der Waals surface area contributed by atoms with Crippen molar-refractivity contribution in [2.75, 3.05) is 0 Å². The summed E-state index contributed by atoms with van der Waals surface area (Å²) >= 11 is 0. The van der Waals surface area contributed by atoms with Crippen LogP contribution < -0.4 is 5.32 Å². The molecule has 1 amide bonds. The Hall–Kier alpha value is -1.65. The molecule has 1 aromatic heterocycles. The van der Waals surface area contributed by atoms with Gasteiger partial charge < -0.3 is 5.32 Å². The topological polar surface area (TPSA) is 70.7 Å². The maximum Gasteiger partial charge on any atom is 0.273 e. The maximum atomic E-state index is 11.4. The predicted molar refractivity (Wildman–Crippen MR) is 46.0 cm³/mol. The number of aromatic amines is 1. The second-order valence-corrected chi connectivity index (χ2v) is 2.97. The second kappa shape index (κ2) is 3.38. The smallest absolute Gasteiger partial charge is 0.273 e. The summed E-state index contributed by atoms with van der Waals surface area (Å²) in [5.74, 6) is -0.164. The molecule has 0 atom stereocenters. The van der Waals surface area contributed by atoms with Gasteiger partial charge in [0.05, 0.1) is 6.20 Å². The lowest BCUT2D eigenvalue weighted by atomic mass is 10.2. The summed E-state index contributed by atoms with van der Waals surface area (Å²) in [6.07, 6.45) is 7.35. The third-order valence-electron chi connectivity index (χ3n) is 1.99. The molecule has 2 N–H and O–H groups in total. The van der Waals surface area contributed by atoms with Gasteiger partial charge in [0.2, 0.25) is 0 Å². The largest absolute Gasteiger partial charge is 0.347 e. The predicted octanol–water partition coefficient (Wildman–Crippen LogP) is 0.253. The summed E-state index contributed by atoms with van der Waals surface area (Å²) in [7, 11) is 0. The van der Waals surface area contributed by atoms with Crippen molar-refractivity contribution in [1.82, 2.24) is 20.7 Å². The van der Waals surface area contributed by atoms with Gasteiger partial charge in [-0.15, -0.1) is 0 Å². The van der Waals surface area contributed by atoms with Crippen molar-refractivity contribution in [3.63, 3.8) is 0 Å². The van der Waals surface area contributed by atoms with Crippen LogP contribution in [0.3, 0.4) is 0 Å². The number of aromatic nitrogens is 3. The van der Waals surface area contributed by atoms with Crippen LogP contribution in [0.5, 0.6) is 0 Å². The zero-order valence-electron chi connectivity index (χ0n) is 7.03. The van der Waals surface area contributed by atoms with Gasteiger partial charge in [-0.1, -0.05) is 12.2 Å². The normalized spacial score (nSPS) is 16.3. The van der Waals surface area contributed by atoms with E-state index in [4.69, 9.17) is 0 Å². The highest BCUT2D eigenvalue weighted by molar-refractivity contribution is 5.92. The highest BCUT2D eigenvalue weighted by Crippen LogP contribution is 2.09. The molecule has 0 aliphatic heterocycles. The fourth-order valence-corrected chi connectivity index (χ4v) is 1.31. The fourth-order valence-electron chi connectivity index (χ4n) is 1.31. The number of carbonyl (C=O) groups excluding carboxylic acids is 1. The SMILES string of the molecule is O=C(NC1CC=CC1)c1cn[nH]n1. The Morgan fingerprint density at radius 2 is 2.31 bits per heavy atom. The molecule has 0 saturated carbocycles. The Balaban J connectivity index is 1.92. The molecule has 0 spiro atoms. The van der Waals surface area contributed by atoms with E-state index < -0.39 is 0 Å². The Kier molecular flexibility index (Phi) is 2.08. The monoisotopic (exact) mass is 178 g/mol. The Bertz CT molecular complexity index is 309. The minimum absolute atomic E-state index is 0.164. The van der Waals surface area contributed by atoms with E-state index in [9.17, 15) is 4.79 Å². The van der Waals surface area contributed by atoms with Gasteiger partial charge in [-0.25, -0.2) is 0 Å². The lowest BCUT2D eigenvalue weighted by Crippen LogP contribution is -2.33. The number of H-pyrrole nitrogens is 1. The first-order valence-electron chi connectivity index (χ1n) is 4.18. The van der Waals surface area contributed by atoms with E-state index in [1.54, 1.807) is 0 Å². The van der Waals surface area contributed by atoms with Crippen LogP contribution in [-0.2, 0) is 0 Å². The average molecular weight is 178 g/mol. The number of rotatable bonds is 2. The standard InChI is InChI=1S/C8H10N4O/c13-8(7-5-9-12-11-7)10-6-3-1-2-4-6/h1-2,5-6H,3-4H2,(H,10,13)(H,9,11,12). The first kappa shape index (κ1) is 7.97. The van der Waals surface area contributed by atoms with Gasteiger partial charge in [0.25, 0.3) is 5.91 Å². The number of hydrogen-bond acceptors (Lipinski definition) is 3. The van der Waals surface area contributed by atoms with Crippen molar-refractivity contribution < 1.29 is 4.79 Å². The van der Waals surface area contributed by atoms with E-state index in [1.165, 1.54) is 6.20 Å². The fraction of sp³-hybridized carbons (Fsp3) is 0.375. The number of nitrogens with zero attached hydrogens (tertiary/aromatic N) is 2. The van der Waals surface area contributed by atoms with Gasteiger partial charge in [0, 0.05) is 6.04 Å². The Labute approximate surface area is 75.2 Å². The van der Waals surface area contributed by atoms with Crippen LogP contribution in [0.2, 0.25) is 0 Å². The molecular formula is C8H10N4O. The first-order valence-corrected chi connectivity index (χ1v) is 4.18. The molecule has 1 aliphatic carbocycles. The van der Waals surface area contributed by atoms with Crippen LogP contribution in [0, 0.1) is 0 Å². The molecule has 13 heavy (non-hydrogen) atoms. The third kappa shape index (κ3) is 1.74. The third-order valence-corrected chi connectivity index (χ3v) is 1.99. The minimum atomic E-state index is -0.164. The molecule has 1 heterocycles. The highest BCUT2D eigenvalue weighted by Gasteiger charge is 2.15. The molecule has 0 fully saturated rings. The zero-order chi connectivity index (χ0) is 9.10. The summed E-state index contributed by atoms with van der Waals surface area (Å²) < 4.78 is 0. The molecule has 0 radical (unpaired) electrons. The molecule has 1 aliphatic rings. The Morgan fingerprint density at radius 3 is 2.92 bits per heavy atom. The second-order valence-electron chi connectivity index (χ2n) is 2.97. The van der Waals surface area contributed by atoms with Gasteiger partial charge in [-0.2, -0.15) is 15.4 Å². The van der Waals surface area contributed by atoms with Gasteiger partial charge in [-0.3, -0.25) is 4.79 Å². The van der Waals surface area contributed by atoms with Crippen molar-refractivity contribution >= 4 is 5.91 Å². The molecule has 5 heteroatoms. The van der Waals surface area contributed by atoms with E-state index in [1.807, 2.05) is 0 Å². The molecule has 0 unspecified atom stereocenters. The van der Waals surface area contributed by atoms with Crippen LogP contribution in [0.4, 0.5) is 0 Å². The van der Waals surface area contributed by atoms with Gasteiger partial charge in [-0.05, 0) is 12.8 Å². The zero-order valence-corrected chi connectivity index (χ0v) is 7.03. The first-order chi connectivity index (χ1) is 6.36. The van der Waals surface area contributed by atoms with E-state index in [0.29, 0.717) is 5.69 Å². The molecular weight excluding hydrogens is 168 g/mol. The average Bonchev–Trinajstić information content (AvgIpc) is 2.74. The molecule has 0 saturated heterocycles. The Morgan fingerprint density at radius 1 is 1.54 bits per heavy atom. The quantitative estimate of drug-likeness (QED) is 0.638. The van der Waals surface area contributed by atoms with Gasteiger partial charge >= 0.3 is 0 Å². The molecule has 1 aromatic rings. The number of carbonyl (C=O) groups is 1. The summed E-state index contributed by atoms with van der Waals surface area (Å²) in [6, 6.07) is 0.226. The highest BCUT2D eigenvalue weighted by atomic mass is 16.2. The summed E-state index contributed by atoms with van der Waals surface area (Å²) in [5, 5.41) is 12.5. The molecule has 5 nitrogen and oxygen atoms in total. The van der Waals surface area contributed by atoms with E-state index in [2.05, 4.69) is 32.9 Å². The van der Waals surface area contributed by atoms with Crippen molar-refractivity contribution in [1.29, 1.82) is 0 Å². The number of nitrogens with one attached hydrogen (secondary N) is 2. The number of amides is 1. The van der Waals surface area contributed by atoms with Crippen LogP contribution in [0.15, 0.2) is 18.3 Å². The van der Waals surface area contributed by atoms with Gasteiger partial charge in [0.15, 0.2) is 5.69 Å². The lowest BCUT2D eigenvalue weighted by molar-refractivity contribution is 0.0934. The van der Waals surface area contributed by atoms with E-state index >= 15 is 0 Å². The van der Waals surface area contributed by atoms with Crippen LogP contribution >= 0.6 is 0 Å². The molecule has 68 valence electrons. The van der Waals surface area contributed by atoms with E-state index in [-0.39, 0.29) is 11.9 Å². The summed E-state index contributed by atoms with van der Waals surface area (Å²) in [4.78, 5) is 11.4. The summed E-state index contributed by atoms with van der Waals surface area (Å²) in [5.41, 5.74) is 0.340. The van der Waals surface area contributed by atoms with Gasteiger partial charge in [0.1, 0.15) is 0 Å². The molecule has 2 rings (SSSR count). The molecule has 0 bridgehead atoms. The lowest BCUT2D eigenvalue weighted by Gasteiger charge is -2.09. The van der Waals surface area contributed by atoms with Crippen LogP contribution in [-0.4, -0.2) is 27.4 Å². The minimum Gasteiger partial charge on any atom is -0.347 e. The van der Waals surface area contributed by atoms with Crippen molar-refractivity contribution in [2.45, 2.75) is 18.9 Å². The van der Waals surface area contributed by atoms with Crippen molar-refractivity contribution in [3.05, 3.63) is 24.0 Å². The van der Waals surface area contributed by atoms with Crippen molar-refractivity contribution in [3.8, 4) is 0 Å². The van der Waals surface area contributed by atoms with Crippen LogP contribution in [0.1, 0.15) is 23.3 Å². The number of hydrogen-bond donors (Lipinski definition) is 2. The molecule has 0 aromatic carbocycles. The maximum absolute atomic E-state index is 11.4. The van der Waals surface area contributed by atoms with Crippen LogP contribution in [0.25, 0.3) is 0 Å².